The van der Waals surface area contributed by atoms with Gasteiger partial charge in [0.25, 0.3) is 0 Å². The zero-order valence-electron chi connectivity index (χ0n) is 10.7. The van der Waals surface area contributed by atoms with Crippen LogP contribution in [-0.2, 0) is 11.2 Å². The molecule has 0 bridgehead atoms. The predicted molar refractivity (Wildman–Crippen MR) is 66.7 cm³/mol. The van der Waals surface area contributed by atoms with Gasteiger partial charge >= 0.3 is 5.97 Å². The average molecular weight is 250 g/mol. The van der Waals surface area contributed by atoms with Crippen LogP contribution in [0.1, 0.15) is 25.8 Å². The van der Waals surface area contributed by atoms with Crippen LogP contribution in [0.5, 0.6) is 11.5 Å². The zero-order valence-corrected chi connectivity index (χ0v) is 10.7. The van der Waals surface area contributed by atoms with Crippen molar-refractivity contribution in [3.63, 3.8) is 0 Å². The Morgan fingerprint density at radius 1 is 1.56 bits per heavy atom. The molecule has 0 spiro atoms. The number of esters is 1. The molecule has 1 N–H and O–H groups in total. The molecule has 1 heterocycles. The van der Waals surface area contributed by atoms with Gasteiger partial charge in [0.1, 0.15) is 11.5 Å². The second-order valence-corrected chi connectivity index (χ2v) is 4.66. The number of rotatable bonds is 3. The van der Waals surface area contributed by atoms with Crippen LogP contribution >= 0.6 is 0 Å². The number of aliphatic hydroxyl groups is 1. The topological polar surface area (TPSA) is 55.8 Å². The molecule has 0 fully saturated rings. The lowest BCUT2D eigenvalue weighted by molar-refractivity contribution is -0.131. The molecule has 1 aromatic rings. The summed E-state index contributed by atoms with van der Waals surface area (Å²) in [5.41, 5.74) is 1.03. The van der Waals surface area contributed by atoms with Crippen molar-refractivity contribution in [1.29, 1.82) is 0 Å². The number of fused-ring (bicyclic) bond motifs is 1. The van der Waals surface area contributed by atoms with Crippen molar-refractivity contribution in [3.05, 3.63) is 23.8 Å². The second kappa shape index (κ2) is 5.40. The third kappa shape index (κ3) is 2.82. The van der Waals surface area contributed by atoms with Crippen LogP contribution in [0.25, 0.3) is 0 Å². The number of hydrogen-bond acceptors (Lipinski definition) is 4. The Bertz CT molecular complexity index is 441. The summed E-state index contributed by atoms with van der Waals surface area (Å²) in [7, 11) is 0. The number of benzene rings is 1. The summed E-state index contributed by atoms with van der Waals surface area (Å²) < 4.78 is 10.9. The van der Waals surface area contributed by atoms with Gasteiger partial charge in [0.15, 0.2) is 0 Å². The first kappa shape index (κ1) is 12.9. The molecule has 0 saturated carbocycles. The highest BCUT2D eigenvalue weighted by Gasteiger charge is 2.26. The molecule has 2 rings (SSSR count). The minimum atomic E-state index is -0.327. The van der Waals surface area contributed by atoms with Crippen LogP contribution in [0, 0.1) is 5.92 Å². The van der Waals surface area contributed by atoms with Gasteiger partial charge in [-0.2, -0.15) is 0 Å². The van der Waals surface area contributed by atoms with E-state index in [9.17, 15) is 4.79 Å². The quantitative estimate of drug-likeness (QED) is 0.658. The highest BCUT2D eigenvalue weighted by Crippen LogP contribution is 2.34. The van der Waals surface area contributed by atoms with Crippen molar-refractivity contribution >= 4 is 5.97 Å². The van der Waals surface area contributed by atoms with Crippen molar-refractivity contribution in [1.82, 2.24) is 0 Å². The molecular weight excluding hydrogens is 232 g/mol. The Morgan fingerprint density at radius 2 is 2.33 bits per heavy atom. The summed E-state index contributed by atoms with van der Waals surface area (Å²) in [6.45, 7) is 3.56. The van der Waals surface area contributed by atoms with E-state index in [1.807, 2.05) is 19.1 Å². The summed E-state index contributed by atoms with van der Waals surface area (Å²) in [4.78, 5) is 10.9. The van der Waals surface area contributed by atoms with Gasteiger partial charge in [0.05, 0.1) is 6.10 Å². The molecule has 2 unspecified atom stereocenters. The van der Waals surface area contributed by atoms with Gasteiger partial charge in [-0.05, 0) is 43.5 Å². The van der Waals surface area contributed by atoms with Crippen LogP contribution < -0.4 is 9.47 Å². The van der Waals surface area contributed by atoms with Crippen LogP contribution in [-0.4, -0.2) is 23.8 Å². The normalized spacial score (nSPS) is 21.9. The van der Waals surface area contributed by atoms with E-state index in [4.69, 9.17) is 14.6 Å². The van der Waals surface area contributed by atoms with Gasteiger partial charge in [0, 0.05) is 19.4 Å². The average Bonchev–Trinajstić information content (AvgIpc) is 2.30. The fourth-order valence-electron chi connectivity index (χ4n) is 2.31. The maximum Gasteiger partial charge on any atom is 0.308 e. The maximum atomic E-state index is 10.9. The minimum absolute atomic E-state index is 0.101. The molecule has 0 aromatic heterocycles. The SMILES string of the molecule is CC(=O)Oc1ccc2c(c1)CC(CCO)C(C)O2. The summed E-state index contributed by atoms with van der Waals surface area (Å²) in [5.74, 6) is 1.36. The lowest BCUT2D eigenvalue weighted by Crippen LogP contribution is -2.31. The molecular formula is C14H18O4. The highest BCUT2D eigenvalue weighted by molar-refractivity contribution is 5.69. The summed E-state index contributed by atoms with van der Waals surface area (Å²) in [5, 5.41) is 9.03. The molecule has 1 aliphatic rings. The first-order valence-electron chi connectivity index (χ1n) is 6.19. The summed E-state index contributed by atoms with van der Waals surface area (Å²) in [6.07, 6.45) is 1.66. The first-order valence-corrected chi connectivity index (χ1v) is 6.19. The molecule has 0 amide bonds. The van der Waals surface area contributed by atoms with Gasteiger partial charge in [-0.3, -0.25) is 4.79 Å². The molecule has 0 aliphatic carbocycles. The van der Waals surface area contributed by atoms with E-state index in [1.54, 1.807) is 6.07 Å². The fraction of sp³-hybridized carbons (Fsp3) is 0.500. The van der Waals surface area contributed by atoms with E-state index in [0.29, 0.717) is 11.7 Å². The van der Waals surface area contributed by atoms with Crippen molar-refractivity contribution in [2.45, 2.75) is 32.8 Å². The lowest BCUT2D eigenvalue weighted by Gasteiger charge is -2.31. The van der Waals surface area contributed by atoms with Crippen LogP contribution in [0.4, 0.5) is 0 Å². The smallest absolute Gasteiger partial charge is 0.308 e. The predicted octanol–water partition coefficient (Wildman–Crippen LogP) is 1.93. The van der Waals surface area contributed by atoms with Gasteiger partial charge < -0.3 is 14.6 Å². The molecule has 0 saturated heterocycles. The Labute approximate surface area is 107 Å². The van der Waals surface area contributed by atoms with E-state index >= 15 is 0 Å². The second-order valence-electron chi connectivity index (χ2n) is 4.66. The highest BCUT2D eigenvalue weighted by atomic mass is 16.5. The van der Waals surface area contributed by atoms with Gasteiger partial charge in [-0.25, -0.2) is 0 Å². The lowest BCUT2D eigenvalue weighted by atomic mass is 9.89. The third-order valence-electron chi connectivity index (χ3n) is 3.25. The maximum absolute atomic E-state index is 10.9. The Morgan fingerprint density at radius 3 is 3.00 bits per heavy atom. The molecule has 98 valence electrons. The molecule has 4 heteroatoms. The van der Waals surface area contributed by atoms with Crippen LogP contribution in [0.3, 0.4) is 0 Å². The first-order chi connectivity index (χ1) is 8.60. The van der Waals surface area contributed by atoms with E-state index in [2.05, 4.69) is 0 Å². The van der Waals surface area contributed by atoms with E-state index in [0.717, 1.165) is 24.2 Å². The van der Waals surface area contributed by atoms with Crippen molar-refractivity contribution in [2.75, 3.05) is 6.61 Å². The van der Waals surface area contributed by atoms with Gasteiger partial charge in [-0.15, -0.1) is 0 Å². The van der Waals surface area contributed by atoms with Gasteiger partial charge in [-0.1, -0.05) is 0 Å². The number of carbonyl (C=O) groups is 1. The third-order valence-corrected chi connectivity index (χ3v) is 3.25. The van der Waals surface area contributed by atoms with E-state index in [-0.39, 0.29) is 18.7 Å². The van der Waals surface area contributed by atoms with E-state index < -0.39 is 0 Å². The van der Waals surface area contributed by atoms with Crippen molar-refractivity contribution in [2.24, 2.45) is 5.92 Å². The summed E-state index contributed by atoms with van der Waals surface area (Å²) >= 11 is 0. The minimum Gasteiger partial charge on any atom is -0.490 e. The molecule has 1 aromatic carbocycles. The number of hydrogen-bond donors (Lipinski definition) is 1. The fourth-order valence-corrected chi connectivity index (χ4v) is 2.31. The van der Waals surface area contributed by atoms with Crippen molar-refractivity contribution in [3.8, 4) is 11.5 Å². The number of carbonyl (C=O) groups excluding carboxylic acids is 1. The largest absolute Gasteiger partial charge is 0.490 e. The molecule has 4 nitrogen and oxygen atoms in total. The van der Waals surface area contributed by atoms with Crippen LogP contribution in [0.2, 0.25) is 0 Å². The zero-order chi connectivity index (χ0) is 13.1. The molecule has 18 heavy (non-hydrogen) atoms. The number of aliphatic hydroxyl groups excluding tert-OH is 1. The number of ether oxygens (including phenoxy) is 2. The van der Waals surface area contributed by atoms with E-state index in [1.165, 1.54) is 6.92 Å². The Kier molecular flexibility index (Phi) is 3.87. The summed E-state index contributed by atoms with van der Waals surface area (Å²) in [6, 6.07) is 5.41. The molecule has 1 aliphatic heterocycles. The Balaban J connectivity index is 2.19. The van der Waals surface area contributed by atoms with Crippen molar-refractivity contribution < 1.29 is 19.4 Å². The standard InChI is InChI=1S/C14H18O4/c1-9-11(5-6-15)7-12-8-13(18-10(2)16)3-4-14(12)17-9/h3-4,8-9,11,15H,5-7H2,1-2H3. The molecule has 2 atom stereocenters. The van der Waals surface area contributed by atoms with Gasteiger partial charge in [0.2, 0.25) is 0 Å². The molecule has 0 radical (unpaired) electrons. The monoisotopic (exact) mass is 250 g/mol. The van der Waals surface area contributed by atoms with Crippen LogP contribution in [0.15, 0.2) is 18.2 Å². The Hall–Kier alpha value is -1.55.